The van der Waals surface area contributed by atoms with Crippen molar-refractivity contribution in [2.45, 2.75) is 4.34 Å². The summed E-state index contributed by atoms with van der Waals surface area (Å²) >= 11 is 2.69. The van der Waals surface area contributed by atoms with E-state index < -0.39 is 0 Å². The Morgan fingerprint density at radius 1 is 1.50 bits per heavy atom. The van der Waals surface area contributed by atoms with E-state index in [0.29, 0.717) is 16.0 Å². The molecule has 0 radical (unpaired) electrons. The Morgan fingerprint density at radius 2 is 2.22 bits per heavy atom. The Hall–Kier alpha value is -1.84. The van der Waals surface area contributed by atoms with E-state index in [9.17, 15) is 4.79 Å². The van der Waals surface area contributed by atoms with Crippen LogP contribution in [0.2, 0.25) is 0 Å². The third-order valence-electron chi connectivity index (χ3n) is 2.31. The summed E-state index contributed by atoms with van der Waals surface area (Å²) < 4.78 is 0.741. The number of hydrogen-bond donors (Lipinski definition) is 1. The molecular formula is C12H9N3OS2. The molecule has 0 aliphatic rings. The predicted molar refractivity (Wildman–Crippen MR) is 72.9 cm³/mol. The minimum Gasteiger partial charge on any atom is -0.382 e. The second-order valence-electron chi connectivity index (χ2n) is 3.38. The number of aromatic nitrogens is 1. The molecule has 2 aromatic rings. The molecule has 2 rings (SSSR count). The lowest BCUT2D eigenvalue weighted by atomic mass is 10.0. The van der Waals surface area contributed by atoms with Crippen LogP contribution in [0.4, 0.5) is 5.82 Å². The molecule has 18 heavy (non-hydrogen) atoms. The van der Waals surface area contributed by atoms with Crippen LogP contribution in [0.3, 0.4) is 0 Å². The van der Waals surface area contributed by atoms with Gasteiger partial charge in [0, 0.05) is 5.56 Å². The van der Waals surface area contributed by atoms with Crippen LogP contribution in [0.1, 0.15) is 20.8 Å². The minimum absolute atomic E-state index is 0.224. The number of rotatable bonds is 3. The summed E-state index contributed by atoms with van der Waals surface area (Å²) in [6, 6.07) is 8.68. The molecule has 0 aliphatic heterocycles. The Balaban J connectivity index is 2.48. The van der Waals surface area contributed by atoms with Gasteiger partial charge in [0.05, 0.1) is 11.6 Å². The Morgan fingerprint density at radius 3 is 2.83 bits per heavy atom. The van der Waals surface area contributed by atoms with Crippen LogP contribution in [-0.4, -0.2) is 17.0 Å². The van der Waals surface area contributed by atoms with E-state index in [1.54, 1.807) is 24.3 Å². The van der Waals surface area contributed by atoms with Gasteiger partial charge >= 0.3 is 0 Å². The van der Waals surface area contributed by atoms with Gasteiger partial charge in [-0.3, -0.25) is 4.79 Å². The molecule has 1 aromatic heterocycles. The van der Waals surface area contributed by atoms with Crippen LogP contribution in [0.25, 0.3) is 0 Å². The van der Waals surface area contributed by atoms with Gasteiger partial charge in [-0.25, -0.2) is 4.98 Å². The van der Waals surface area contributed by atoms with Gasteiger partial charge in [0.2, 0.25) is 5.78 Å². The highest BCUT2D eigenvalue weighted by Crippen LogP contribution is 2.29. The molecule has 1 heterocycles. The maximum atomic E-state index is 12.3. The van der Waals surface area contributed by atoms with Gasteiger partial charge in [-0.15, -0.1) is 11.3 Å². The van der Waals surface area contributed by atoms with Gasteiger partial charge in [-0.05, 0) is 18.4 Å². The van der Waals surface area contributed by atoms with Gasteiger partial charge in [-0.1, -0.05) is 23.9 Å². The molecule has 2 N–H and O–H groups in total. The molecule has 0 fully saturated rings. The standard InChI is InChI=1S/C12H9N3OS2/c1-17-12-15-11(14)10(18-12)9(16)8-5-3-2-4-7(8)6-13/h2-5H,14H2,1H3. The highest BCUT2D eigenvalue weighted by Gasteiger charge is 2.19. The van der Waals surface area contributed by atoms with Gasteiger partial charge in [0.1, 0.15) is 10.7 Å². The number of nitriles is 1. The number of nitrogens with two attached hydrogens (primary N) is 1. The van der Waals surface area contributed by atoms with Crippen molar-refractivity contribution in [1.82, 2.24) is 4.98 Å². The first-order valence-corrected chi connectivity index (χ1v) is 7.05. The number of benzene rings is 1. The van der Waals surface area contributed by atoms with E-state index >= 15 is 0 Å². The maximum Gasteiger partial charge on any atom is 0.208 e. The highest BCUT2D eigenvalue weighted by molar-refractivity contribution is 8.00. The fraction of sp³-hybridized carbons (Fsp3) is 0.0833. The van der Waals surface area contributed by atoms with Crippen molar-refractivity contribution in [2.24, 2.45) is 0 Å². The maximum absolute atomic E-state index is 12.3. The molecule has 0 saturated heterocycles. The molecule has 1 aromatic carbocycles. The fourth-order valence-electron chi connectivity index (χ4n) is 1.46. The smallest absolute Gasteiger partial charge is 0.208 e. The van der Waals surface area contributed by atoms with Crippen LogP contribution in [0.5, 0.6) is 0 Å². The lowest BCUT2D eigenvalue weighted by Crippen LogP contribution is -2.04. The Bertz CT molecular complexity index is 643. The summed E-state index contributed by atoms with van der Waals surface area (Å²) in [5.74, 6) is -0.0236. The van der Waals surface area contributed by atoms with Gasteiger partial charge < -0.3 is 5.73 Å². The summed E-state index contributed by atoms with van der Waals surface area (Å²) in [7, 11) is 0. The first-order valence-electron chi connectivity index (χ1n) is 5.01. The van der Waals surface area contributed by atoms with Crippen LogP contribution >= 0.6 is 23.1 Å². The highest BCUT2D eigenvalue weighted by atomic mass is 32.2. The third kappa shape index (κ3) is 2.23. The monoisotopic (exact) mass is 275 g/mol. The SMILES string of the molecule is CSc1nc(N)c(C(=O)c2ccccc2C#N)s1. The number of carbonyl (C=O) groups is 1. The summed E-state index contributed by atoms with van der Waals surface area (Å²) in [4.78, 5) is 16.8. The number of ketones is 1. The van der Waals surface area contributed by atoms with Crippen molar-refractivity contribution < 1.29 is 4.79 Å². The van der Waals surface area contributed by atoms with Crippen LogP contribution < -0.4 is 5.73 Å². The quantitative estimate of drug-likeness (QED) is 0.688. The van der Waals surface area contributed by atoms with E-state index in [1.165, 1.54) is 23.1 Å². The number of nitrogen functional groups attached to an aromatic ring is 1. The van der Waals surface area contributed by atoms with Crippen molar-refractivity contribution in [3.05, 3.63) is 40.3 Å². The summed E-state index contributed by atoms with van der Waals surface area (Å²) in [5, 5.41) is 8.99. The predicted octanol–water partition coefficient (Wildman–Crippen LogP) is 2.55. The van der Waals surface area contributed by atoms with Crippen molar-refractivity contribution in [2.75, 3.05) is 12.0 Å². The van der Waals surface area contributed by atoms with E-state index in [2.05, 4.69) is 4.98 Å². The average Bonchev–Trinajstić information content (AvgIpc) is 2.79. The van der Waals surface area contributed by atoms with E-state index in [0.717, 1.165) is 4.34 Å². The van der Waals surface area contributed by atoms with E-state index in [-0.39, 0.29) is 11.6 Å². The Kier molecular flexibility index (Phi) is 3.65. The topological polar surface area (TPSA) is 79.8 Å². The van der Waals surface area contributed by atoms with E-state index in [4.69, 9.17) is 11.0 Å². The van der Waals surface area contributed by atoms with Gasteiger partial charge in [0.25, 0.3) is 0 Å². The fourth-order valence-corrected chi connectivity index (χ4v) is 2.91. The number of thiazole rings is 1. The van der Waals surface area contributed by atoms with Crippen molar-refractivity contribution in [3.63, 3.8) is 0 Å². The first-order chi connectivity index (χ1) is 8.67. The molecule has 0 unspecified atom stereocenters. The summed E-state index contributed by atoms with van der Waals surface area (Å²) in [5.41, 5.74) is 6.44. The van der Waals surface area contributed by atoms with Gasteiger partial charge in [0.15, 0.2) is 4.34 Å². The number of nitrogens with zero attached hydrogens (tertiary/aromatic N) is 2. The molecule has 90 valence electrons. The number of carbonyl (C=O) groups excluding carboxylic acids is 1. The molecule has 0 aliphatic carbocycles. The normalized spacial score (nSPS) is 10.0. The van der Waals surface area contributed by atoms with Crippen LogP contribution in [0.15, 0.2) is 28.6 Å². The number of anilines is 1. The second-order valence-corrected chi connectivity index (χ2v) is 5.44. The lowest BCUT2D eigenvalue weighted by molar-refractivity contribution is 0.104. The molecule has 0 bridgehead atoms. The van der Waals surface area contributed by atoms with Crippen molar-refractivity contribution in [1.29, 1.82) is 5.26 Å². The van der Waals surface area contributed by atoms with Gasteiger partial charge in [-0.2, -0.15) is 5.26 Å². The molecule has 0 atom stereocenters. The van der Waals surface area contributed by atoms with Crippen LogP contribution in [-0.2, 0) is 0 Å². The zero-order valence-electron chi connectivity index (χ0n) is 9.51. The zero-order valence-corrected chi connectivity index (χ0v) is 11.1. The Labute approximate surface area is 112 Å². The summed E-state index contributed by atoms with van der Waals surface area (Å²) in [6.45, 7) is 0. The lowest BCUT2D eigenvalue weighted by Gasteiger charge is -2.00. The zero-order chi connectivity index (χ0) is 13.1. The largest absolute Gasteiger partial charge is 0.382 e. The molecule has 6 heteroatoms. The third-order valence-corrected chi connectivity index (χ3v) is 4.36. The van der Waals surface area contributed by atoms with Crippen molar-refractivity contribution in [3.8, 4) is 6.07 Å². The first kappa shape index (κ1) is 12.6. The molecule has 0 saturated carbocycles. The molecular weight excluding hydrogens is 266 g/mol. The van der Waals surface area contributed by atoms with Crippen LogP contribution in [0, 0.1) is 11.3 Å². The number of thioether (sulfide) groups is 1. The van der Waals surface area contributed by atoms with Crippen molar-refractivity contribution >= 4 is 34.7 Å². The average molecular weight is 275 g/mol. The summed E-state index contributed by atoms with van der Waals surface area (Å²) in [6.07, 6.45) is 1.87. The number of hydrogen-bond acceptors (Lipinski definition) is 6. The second kappa shape index (κ2) is 5.21. The van der Waals surface area contributed by atoms with E-state index in [1.807, 2.05) is 12.3 Å². The molecule has 0 spiro atoms. The molecule has 0 amide bonds. The molecule has 4 nitrogen and oxygen atoms in total. The minimum atomic E-state index is -0.248.